The number of ether oxygens (including phenoxy) is 1. The monoisotopic (exact) mass is 276 g/mol. The van der Waals surface area contributed by atoms with Crippen molar-refractivity contribution in [1.82, 2.24) is 9.78 Å². The van der Waals surface area contributed by atoms with Gasteiger partial charge in [-0.25, -0.2) is 4.68 Å². The van der Waals surface area contributed by atoms with E-state index in [-0.39, 0.29) is 18.7 Å². The highest BCUT2D eigenvalue weighted by molar-refractivity contribution is 5.79. The molecule has 1 fully saturated rings. The number of fused-ring (bicyclic) bond motifs is 1. The SMILES string of the molecule is CCOC(=O)Cn1nc(C)c2oc(C3CC3)cc2c1=O. The summed E-state index contributed by atoms with van der Waals surface area (Å²) >= 11 is 0. The number of nitrogens with zero attached hydrogens (tertiary/aromatic N) is 2. The number of aryl methyl sites for hydroxylation is 1. The van der Waals surface area contributed by atoms with E-state index in [2.05, 4.69) is 5.10 Å². The van der Waals surface area contributed by atoms with E-state index < -0.39 is 5.97 Å². The second-order valence-corrected chi connectivity index (χ2v) is 5.02. The summed E-state index contributed by atoms with van der Waals surface area (Å²) < 4.78 is 11.7. The smallest absolute Gasteiger partial charge is 0.327 e. The summed E-state index contributed by atoms with van der Waals surface area (Å²) in [5.41, 5.74) is 0.821. The zero-order valence-corrected chi connectivity index (χ0v) is 11.5. The van der Waals surface area contributed by atoms with Crippen LogP contribution in [-0.4, -0.2) is 22.4 Å². The maximum atomic E-state index is 12.3. The fraction of sp³-hybridized carbons (Fsp3) is 0.500. The molecule has 1 aliphatic carbocycles. The van der Waals surface area contributed by atoms with Crippen LogP contribution in [0.25, 0.3) is 11.0 Å². The van der Waals surface area contributed by atoms with Crippen molar-refractivity contribution in [2.45, 2.75) is 39.2 Å². The van der Waals surface area contributed by atoms with Crippen molar-refractivity contribution >= 4 is 16.9 Å². The van der Waals surface area contributed by atoms with Gasteiger partial charge in [-0.15, -0.1) is 0 Å². The van der Waals surface area contributed by atoms with Crippen molar-refractivity contribution < 1.29 is 13.9 Å². The van der Waals surface area contributed by atoms with Crippen LogP contribution in [-0.2, 0) is 16.1 Å². The molecular weight excluding hydrogens is 260 g/mol. The highest BCUT2D eigenvalue weighted by Gasteiger charge is 2.28. The van der Waals surface area contributed by atoms with Gasteiger partial charge in [0.1, 0.15) is 18.0 Å². The van der Waals surface area contributed by atoms with E-state index in [4.69, 9.17) is 9.15 Å². The van der Waals surface area contributed by atoms with Crippen molar-refractivity contribution in [2.75, 3.05) is 6.61 Å². The van der Waals surface area contributed by atoms with Gasteiger partial charge in [0, 0.05) is 5.92 Å². The molecule has 0 unspecified atom stereocenters. The highest BCUT2D eigenvalue weighted by Crippen LogP contribution is 2.41. The summed E-state index contributed by atoms with van der Waals surface area (Å²) in [6.45, 7) is 3.60. The van der Waals surface area contributed by atoms with Gasteiger partial charge in [0.05, 0.1) is 12.0 Å². The van der Waals surface area contributed by atoms with E-state index in [1.807, 2.05) is 0 Å². The van der Waals surface area contributed by atoms with Crippen LogP contribution in [0.4, 0.5) is 0 Å². The average molecular weight is 276 g/mol. The Balaban J connectivity index is 2.03. The Morgan fingerprint density at radius 1 is 1.55 bits per heavy atom. The lowest BCUT2D eigenvalue weighted by Crippen LogP contribution is -2.28. The van der Waals surface area contributed by atoms with E-state index in [0.29, 0.717) is 22.6 Å². The van der Waals surface area contributed by atoms with Crippen molar-refractivity contribution in [2.24, 2.45) is 0 Å². The molecule has 2 aromatic rings. The number of rotatable bonds is 4. The van der Waals surface area contributed by atoms with E-state index in [0.717, 1.165) is 23.3 Å². The van der Waals surface area contributed by atoms with E-state index >= 15 is 0 Å². The molecule has 2 heterocycles. The van der Waals surface area contributed by atoms with Gasteiger partial charge in [-0.2, -0.15) is 5.10 Å². The summed E-state index contributed by atoms with van der Waals surface area (Å²) in [5, 5.41) is 4.62. The maximum absolute atomic E-state index is 12.3. The Morgan fingerprint density at radius 3 is 2.95 bits per heavy atom. The van der Waals surface area contributed by atoms with Gasteiger partial charge < -0.3 is 9.15 Å². The second-order valence-electron chi connectivity index (χ2n) is 5.02. The molecule has 0 spiro atoms. The fourth-order valence-electron chi connectivity index (χ4n) is 2.25. The number of carbonyl (C=O) groups excluding carboxylic acids is 1. The van der Waals surface area contributed by atoms with Gasteiger partial charge >= 0.3 is 5.97 Å². The minimum Gasteiger partial charge on any atom is -0.465 e. The van der Waals surface area contributed by atoms with Gasteiger partial charge in [-0.1, -0.05) is 0 Å². The van der Waals surface area contributed by atoms with Crippen LogP contribution < -0.4 is 5.56 Å². The summed E-state index contributed by atoms with van der Waals surface area (Å²) in [4.78, 5) is 23.8. The lowest BCUT2D eigenvalue weighted by atomic mass is 10.2. The van der Waals surface area contributed by atoms with Crippen LogP contribution in [0.3, 0.4) is 0 Å². The number of hydrogen-bond acceptors (Lipinski definition) is 5. The fourth-order valence-corrected chi connectivity index (χ4v) is 2.25. The van der Waals surface area contributed by atoms with Crippen LogP contribution in [0.5, 0.6) is 0 Å². The molecule has 2 aromatic heterocycles. The Labute approximate surface area is 115 Å². The Bertz CT molecular complexity index is 725. The Hall–Kier alpha value is -2.11. The molecule has 0 amide bonds. The van der Waals surface area contributed by atoms with Gasteiger partial charge in [0.2, 0.25) is 0 Å². The molecule has 0 atom stereocenters. The number of furan rings is 1. The molecule has 106 valence electrons. The van der Waals surface area contributed by atoms with Crippen molar-refractivity contribution in [1.29, 1.82) is 0 Å². The predicted octanol–water partition coefficient (Wildman–Crippen LogP) is 1.74. The largest absolute Gasteiger partial charge is 0.465 e. The number of carbonyl (C=O) groups is 1. The summed E-state index contributed by atoms with van der Waals surface area (Å²) in [6, 6.07) is 1.78. The van der Waals surface area contributed by atoms with E-state index in [1.54, 1.807) is 19.9 Å². The standard InChI is InChI=1S/C14H16N2O4/c1-3-19-12(17)7-16-14(18)10-6-11(9-4-5-9)20-13(10)8(2)15-16/h6,9H,3-5,7H2,1-2H3. The lowest BCUT2D eigenvalue weighted by molar-refractivity contribution is -0.144. The molecule has 1 saturated carbocycles. The highest BCUT2D eigenvalue weighted by atomic mass is 16.5. The minimum absolute atomic E-state index is 0.173. The first-order valence-electron chi connectivity index (χ1n) is 6.77. The van der Waals surface area contributed by atoms with Gasteiger partial charge in [0.15, 0.2) is 5.58 Å². The summed E-state index contributed by atoms with van der Waals surface area (Å²) in [5.74, 6) is 0.808. The molecule has 6 heteroatoms. The first-order valence-corrected chi connectivity index (χ1v) is 6.77. The zero-order valence-electron chi connectivity index (χ0n) is 11.5. The molecule has 0 aromatic carbocycles. The molecule has 0 N–H and O–H groups in total. The Kier molecular flexibility index (Phi) is 3.08. The number of esters is 1. The third kappa shape index (κ3) is 2.21. The minimum atomic E-state index is -0.466. The molecule has 6 nitrogen and oxygen atoms in total. The third-order valence-electron chi connectivity index (χ3n) is 3.38. The number of hydrogen-bond donors (Lipinski definition) is 0. The molecule has 0 bridgehead atoms. The normalized spacial score (nSPS) is 14.7. The molecule has 0 aliphatic heterocycles. The topological polar surface area (TPSA) is 74.3 Å². The second kappa shape index (κ2) is 4.77. The third-order valence-corrected chi connectivity index (χ3v) is 3.38. The van der Waals surface area contributed by atoms with Crippen LogP contribution in [0.1, 0.15) is 37.1 Å². The predicted molar refractivity (Wildman–Crippen MR) is 71.6 cm³/mol. The van der Waals surface area contributed by atoms with Crippen LogP contribution in [0.2, 0.25) is 0 Å². The summed E-state index contributed by atoms with van der Waals surface area (Å²) in [6.07, 6.45) is 2.20. The first kappa shape index (κ1) is 12.9. The molecule has 1 aliphatic rings. The lowest BCUT2D eigenvalue weighted by Gasteiger charge is -2.05. The quantitative estimate of drug-likeness (QED) is 0.795. The zero-order chi connectivity index (χ0) is 14.3. The summed E-state index contributed by atoms with van der Waals surface area (Å²) in [7, 11) is 0. The van der Waals surface area contributed by atoms with Crippen molar-refractivity contribution in [3.05, 3.63) is 27.9 Å². The maximum Gasteiger partial charge on any atom is 0.327 e. The first-order chi connectivity index (χ1) is 9.60. The van der Waals surface area contributed by atoms with E-state index in [9.17, 15) is 9.59 Å². The van der Waals surface area contributed by atoms with Crippen LogP contribution in [0, 0.1) is 6.92 Å². The van der Waals surface area contributed by atoms with Gasteiger partial charge in [-0.05, 0) is 32.8 Å². The van der Waals surface area contributed by atoms with Crippen molar-refractivity contribution in [3.8, 4) is 0 Å². The number of aromatic nitrogens is 2. The van der Waals surface area contributed by atoms with Gasteiger partial charge in [0.25, 0.3) is 5.56 Å². The molecule has 0 saturated heterocycles. The van der Waals surface area contributed by atoms with Gasteiger partial charge in [-0.3, -0.25) is 9.59 Å². The molecule has 3 rings (SSSR count). The van der Waals surface area contributed by atoms with Crippen molar-refractivity contribution in [3.63, 3.8) is 0 Å². The molecule has 0 radical (unpaired) electrons. The van der Waals surface area contributed by atoms with E-state index in [1.165, 1.54) is 0 Å². The van der Waals surface area contributed by atoms with Crippen LogP contribution in [0.15, 0.2) is 15.3 Å². The Morgan fingerprint density at radius 2 is 2.30 bits per heavy atom. The molecule has 20 heavy (non-hydrogen) atoms. The molecular formula is C14H16N2O4. The average Bonchev–Trinajstić information content (AvgIpc) is 3.15. The van der Waals surface area contributed by atoms with Crippen LogP contribution >= 0.6 is 0 Å².